The van der Waals surface area contributed by atoms with Gasteiger partial charge in [-0.15, -0.1) is 0 Å². The summed E-state index contributed by atoms with van der Waals surface area (Å²) in [5.41, 5.74) is 2.54. The molecule has 0 spiro atoms. The molecule has 0 saturated heterocycles. The first-order valence-electron chi connectivity index (χ1n) is 11.8. The first-order chi connectivity index (χ1) is 16.6. The number of para-hydroxylation sites is 1. The molecular weight excluding hydrogens is 460 g/mol. The molecule has 7 heteroatoms. The van der Waals surface area contributed by atoms with Gasteiger partial charge in [0.25, 0.3) is 10.0 Å². The maximum absolute atomic E-state index is 13.4. The molecule has 3 aromatic carbocycles. The Bertz CT molecular complexity index is 1220. The lowest BCUT2D eigenvalue weighted by molar-refractivity contribution is -0.119. The number of aryl methyl sites for hydroxylation is 1. The molecule has 35 heavy (non-hydrogen) atoms. The molecule has 1 amide bonds. The summed E-state index contributed by atoms with van der Waals surface area (Å²) in [6.07, 6.45) is 0.838. The van der Waals surface area contributed by atoms with Gasteiger partial charge in [0, 0.05) is 0 Å². The third-order valence-electron chi connectivity index (χ3n) is 5.63. The molecule has 1 N–H and O–H groups in total. The van der Waals surface area contributed by atoms with Crippen molar-refractivity contribution < 1.29 is 17.9 Å². The normalized spacial score (nSPS) is 11.7. The topological polar surface area (TPSA) is 75.7 Å². The number of carbonyl (C=O) groups excluding carboxylic acids is 1. The first-order valence-corrected chi connectivity index (χ1v) is 13.2. The number of hydrogen-bond acceptors (Lipinski definition) is 4. The van der Waals surface area contributed by atoms with Crippen molar-refractivity contribution in [3.05, 3.63) is 90.0 Å². The fourth-order valence-electron chi connectivity index (χ4n) is 3.68. The van der Waals surface area contributed by atoms with Crippen LogP contribution >= 0.6 is 0 Å². The van der Waals surface area contributed by atoms with E-state index >= 15 is 0 Å². The summed E-state index contributed by atoms with van der Waals surface area (Å²) >= 11 is 0. The zero-order chi connectivity index (χ0) is 25.5. The van der Waals surface area contributed by atoms with Crippen molar-refractivity contribution in [3.8, 4) is 5.75 Å². The lowest BCUT2D eigenvalue weighted by atomic mass is 9.86. The van der Waals surface area contributed by atoms with Gasteiger partial charge in [0.2, 0.25) is 5.91 Å². The molecule has 0 aliphatic heterocycles. The van der Waals surface area contributed by atoms with Crippen molar-refractivity contribution >= 4 is 21.6 Å². The Morgan fingerprint density at radius 3 is 2.17 bits per heavy atom. The van der Waals surface area contributed by atoms with E-state index in [-0.39, 0.29) is 30.0 Å². The Balaban J connectivity index is 1.69. The van der Waals surface area contributed by atoms with Crippen molar-refractivity contribution in [3.63, 3.8) is 0 Å². The second-order valence-corrected chi connectivity index (χ2v) is 11.2. The van der Waals surface area contributed by atoms with E-state index in [2.05, 4.69) is 26.1 Å². The molecule has 0 aliphatic rings. The molecule has 3 aromatic rings. The van der Waals surface area contributed by atoms with Gasteiger partial charge in [-0.2, -0.15) is 0 Å². The van der Waals surface area contributed by atoms with Crippen molar-refractivity contribution in [2.75, 3.05) is 24.0 Å². The maximum Gasteiger partial charge on any atom is 0.264 e. The Morgan fingerprint density at radius 2 is 1.54 bits per heavy atom. The average molecular weight is 495 g/mol. The molecule has 186 valence electrons. The number of hydrogen-bond donors (Lipinski definition) is 1. The van der Waals surface area contributed by atoms with Gasteiger partial charge in [-0.25, -0.2) is 8.42 Å². The van der Waals surface area contributed by atoms with Gasteiger partial charge >= 0.3 is 0 Å². The van der Waals surface area contributed by atoms with Gasteiger partial charge in [-0.05, 0) is 53.3 Å². The van der Waals surface area contributed by atoms with Gasteiger partial charge in [-0.3, -0.25) is 9.10 Å². The number of nitrogens with zero attached hydrogens (tertiary/aromatic N) is 1. The molecule has 0 bridgehead atoms. The fourth-order valence-corrected chi connectivity index (χ4v) is 5.12. The van der Waals surface area contributed by atoms with Crippen LogP contribution in [0.2, 0.25) is 0 Å². The zero-order valence-corrected chi connectivity index (χ0v) is 21.6. The number of nitrogens with one attached hydrogen (secondary N) is 1. The summed E-state index contributed by atoms with van der Waals surface area (Å²) < 4.78 is 33.8. The van der Waals surface area contributed by atoms with Crippen molar-refractivity contribution in [1.82, 2.24) is 5.32 Å². The van der Waals surface area contributed by atoms with Crippen molar-refractivity contribution in [1.29, 1.82) is 0 Å². The maximum atomic E-state index is 13.4. The minimum Gasteiger partial charge on any atom is -0.491 e. The largest absolute Gasteiger partial charge is 0.491 e. The van der Waals surface area contributed by atoms with Crippen LogP contribution in [0.5, 0.6) is 5.75 Å². The smallest absolute Gasteiger partial charge is 0.264 e. The number of benzene rings is 3. The van der Waals surface area contributed by atoms with E-state index in [0.717, 1.165) is 27.6 Å². The Hall–Kier alpha value is -3.32. The van der Waals surface area contributed by atoms with Gasteiger partial charge in [-0.1, -0.05) is 76.2 Å². The summed E-state index contributed by atoms with van der Waals surface area (Å²) in [7, 11) is -3.92. The highest BCUT2D eigenvalue weighted by molar-refractivity contribution is 7.92. The molecule has 0 atom stereocenters. The van der Waals surface area contributed by atoms with Crippen LogP contribution in [0, 0.1) is 0 Å². The minimum atomic E-state index is -3.92. The second-order valence-electron chi connectivity index (χ2n) is 9.29. The SMILES string of the molecule is CCc1ccc(N(CC(=O)NCCOc2ccccc2C(C)(C)C)S(=O)(=O)c2ccccc2)cc1. The molecular formula is C28H34N2O4S. The van der Waals surface area contributed by atoms with E-state index in [1.165, 1.54) is 12.1 Å². The molecule has 0 fully saturated rings. The quantitative estimate of drug-likeness (QED) is 0.405. The van der Waals surface area contributed by atoms with Crippen LogP contribution < -0.4 is 14.4 Å². The van der Waals surface area contributed by atoms with E-state index in [4.69, 9.17) is 4.74 Å². The Kier molecular flexibility index (Phi) is 8.57. The highest BCUT2D eigenvalue weighted by Crippen LogP contribution is 2.30. The number of amides is 1. The lowest BCUT2D eigenvalue weighted by Gasteiger charge is -2.24. The van der Waals surface area contributed by atoms with Crippen LogP contribution in [0.4, 0.5) is 5.69 Å². The number of ether oxygens (including phenoxy) is 1. The number of anilines is 1. The van der Waals surface area contributed by atoms with E-state index in [9.17, 15) is 13.2 Å². The van der Waals surface area contributed by atoms with Gasteiger partial charge in [0.15, 0.2) is 0 Å². The third kappa shape index (κ3) is 6.85. The summed E-state index contributed by atoms with van der Waals surface area (Å²) in [5.74, 6) is 0.371. The molecule has 0 radical (unpaired) electrons. The third-order valence-corrected chi connectivity index (χ3v) is 7.42. The number of rotatable bonds is 10. The van der Waals surface area contributed by atoms with Crippen molar-refractivity contribution in [2.24, 2.45) is 0 Å². The predicted molar refractivity (Wildman–Crippen MR) is 140 cm³/mol. The van der Waals surface area contributed by atoms with Crippen LogP contribution in [0.15, 0.2) is 83.8 Å². The monoisotopic (exact) mass is 494 g/mol. The van der Waals surface area contributed by atoms with Crippen LogP contribution in [0.1, 0.15) is 38.8 Å². The van der Waals surface area contributed by atoms with Crippen molar-refractivity contribution in [2.45, 2.75) is 44.4 Å². The van der Waals surface area contributed by atoms with E-state index in [1.807, 2.05) is 43.3 Å². The van der Waals surface area contributed by atoms with Gasteiger partial charge in [0.1, 0.15) is 18.9 Å². The highest BCUT2D eigenvalue weighted by Gasteiger charge is 2.27. The Morgan fingerprint density at radius 1 is 0.914 bits per heavy atom. The molecule has 0 heterocycles. The molecule has 0 aromatic heterocycles. The molecule has 6 nitrogen and oxygen atoms in total. The number of sulfonamides is 1. The van der Waals surface area contributed by atoms with Crippen LogP contribution in [0.25, 0.3) is 0 Å². The van der Waals surface area contributed by atoms with Crippen LogP contribution in [0.3, 0.4) is 0 Å². The predicted octanol–water partition coefficient (Wildman–Crippen LogP) is 4.94. The Labute approximate surface area is 209 Å². The fraction of sp³-hybridized carbons (Fsp3) is 0.321. The summed E-state index contributed by atoms with van der Waals surface area (Å²) in [4.78, 5) is 12.9. The summed E-state index contributed by atoms with van der Waals surface area (Å²) in [5, 5.41) is 2.79. The minimum absolute atomic E-state index is 0.0700. The zero-order valence-electron chi connectivity index (χ0n) is 20.8. The lowest BCUT2D eigenvalue weighted by Crippen LogP contribution is -2.42. The van der Waals surface area contributed by atoms with E-state index in [0.29, 0.717) is 5.69 Å². The van der Waals surface area contributed by atoms with E-state index in [1.54, 1.807) is 30.3 Å². The van der Waals surface area contributed by atoms with Gasteiger partial charge < -0.3 is 10.1 Å². The second kappa shape index (κ2) is 11.4. The van der Waals surface area contributed by atoms with Crippen LogP contribution in [-0.4, -0.2) is 34.0 Å². The number of carbonyl (C=O) groups is 1. The van der Waals surface area contributed by atoms with E-state index < -0.39 is 15.9 Å². The molecule has 0 saturated carbocycles. The highest BCUT2D eigenvalue weighted by atomic mass is 32.2. The van der Waals surface area contributed by atoms with Crippen LogP contribution in [-0.2, 0) is 26.7 Å². The summed E-state index contributed by atoms with van der Waals surface area (Å²) in [6.45, 7) is 8.58. The molecule has 3 rings (SSSR count). The first kappa shape index (κ1) is 26.3. The van der Waals surface area contributed by atoms with Gasteiger partial charge in [0.05, 0.1) is 17.1 Å². The molecule has 0 aliphatic carbocycles. The standard InChI is InChI=1S/C28H34N2O4S/c1-5-22-15-17-23(18-16-22)30(35(32,33)24-11-7-6-8-12-24)21-27(31)29-19-20-34-26-14-10-9-13-25(26)28(2,3)4/h6-18H,5,19-21H2,1-4H3,(H,29,31). The average Bonchev–Trinajstić information content (AvgIpc) is 2.85. The summed E-state index contributed by atoms with van der Waals surface area (Å²) in [6, 6.07) is 23.2. The molecule has 0 unspecified atom stereocenters.